The summed E-state index contributed by atoms with van der Waals surface area (Å²) in [6, 6.07) is 11.4. The summed E-state index contributed by atoms with van der Waals surface area (Å²) in [7, 11) is 1.67. The van der Waals surface area contributed by atoms with Gasteiger partial charge in [-0.25, -0.2) is 14.2 Å². The molecule has 2 fully saturated rings. The van der Waals surface area contributed by atoms with Crippen molar-refractivity contribution in [1.82, 2.24) is 19.4 Å². The molecule has 0 amide bonds. The van der Waals surface area contributed by atoms with Gasteiger partial charge in [0.25, 0.3) is 0 Å². The maximum absolute atomic E-state index is 15.2. The summed E-state index contributed by atoms with van der Waals surface area (Å²) in [5, 5.41) is 9.43. The van der Waals surface area contributed by atoms with Crippen molar-refractivity contribution in [3.63, 3.8) is 0 Å². The third-order valence-electron chi connectivity index (χ3n) is 8.02. The zero-order valence-electron chi connectivity index (χ0n) is 21.4. The molecule has 0 spiro atoms. The molecule has 3 aromatic rings. The van der Waals surface area contributed by atoms with Crippen LogP contribution in [0.1, 0.15) is 75.2 Å². The summed E-state index contributed by atoms with van der Waals surface area (Å²) < 4.78 is 16.7. The van der Waals surface area contributed by atoms with Crippen LogP contribution in [-0.2, 0) is 7.05 Å². The van der Waals surface area contributed by atoms with Crippen molar-refractivity contribution in [3.8, 4) is 6.07 Å². The molecule has 2 unspecified atom stereocenters. The molecule has 3 heterocycles. The predicted molar refractivity (Wildman–Crippen MR) is 138 cm³/mol. The van der Waals surface area contributed by atoms with E-state index in [1.165, 1.54) is 4.57 Å². The van der Waals surface area contributed by atoms with Crippen molar-refractivity contribution in [2.45, 2.75) is 70.5 Å². The van der Waals surface area contributed by atoms with Crippen molar-refractivity contribution >= 4 is 16.9 Å². The summed E-state index contributed by atoms with van der Waals surface area (Å²) in [6.07, 6.45) is 4.02. The number of aryl methyl sites for hydroxylation is 1. The van der Waals surface area contributed by atoms with Crippen molar-refractivity contribution < 1.29 is 4.39 Å². The number of hydrogen-bond acceptors (Lipinski definition) is 6. The number of hydrogen-bond donors (Lipinski definition) is 0. The van der Waals surface area contributed by atoms with E-state index in [2.05, 4.69) is 52.7 Å². The Labute approximate surface area is 211 Å². The van der Waals surface area contributed by atoms with Crippen molar-refractivity contribution in [2.75, 3.05) is 18.0 Å². The fourth-order valence-corrected chi connectivity index (χ4v) is 5.62. The zero-order chi connectivity index (χ0) is 25.6. The van der Waals surface area contributed by atoms with Crippen LogP contribution in [0, 0.1) is 17.1 Å². The topological polar surface area (TPSA) is 78.0 Å². The molecular formula is C28H33FN6O. The van der Waals surface area contributed by atoms with Gasteiger partial charge in [0.1, 0.15) is 23.1 Å². The Bertz CT molecular complexity index is 1390. The minimum absolute atomic E-state index is 0.0689. The molecule has 0 N–H and O–H groups in total. The number of benzene rings is 1. The van der Waals surface area contributed by atoms with Crippen LogP contribution >= 0.6 is 0 Å². The highest BCUT2D eigenvalue weighted by atomic mass is 19.1. The van der Waals surface area contributed by atoms with E-state index in [0.29, 0.717) is 35.0 Å². The van der Waals surface area contributed by atoms with Crippen molar-refractivity contribution in [3.05, 3.63) is 63.5 Å². The van der Waals surface area contributed by atoms with Crippen LogP contribution in [0.25, 0.3) is 11.0 Å². The maximum atomic E-state index is 15.2. The van der Waals surface area contributed by atoms with Gasteiger partial charge in [0, 0.05) is 43.8 Å². The molecule has 188 valence electrons. The summed E-state index contributed by atoms with van der Waals surface area (Å²) in [5.74, 6) is 0.934. The molecule has 2 aliphatic rings. The second-order valence-electron chi connectivity index (χ2n) is 10.2. The van der Waals surface area contributed by atoms with Crippen LogP contribution in [0.5, 0.6) is 0 Å². The number of fused-ring (bicyclic) bond motifs is 1. The smallest absolute Gasteiger partial charge is 0.349 e. The highest BCUT2D eigenvalue weighted by Crippen LogP contribution is 2.41. The largest absolute Gasteiger partial charge is 0.349 e. The number of piperazine rings is 1. The average molecular weight is 489 g/mol. The van der Waals surface area contributed by atoms with Crippen molar-refractivity contribution in [1.29, 1.82) is 5.26 Å². The molecule has 5 rings (SSSR count). The number of aromatic nitrogens is 3. The molecule has 1 aromatic carbocycles. The minimum atomic E-state index is -0.347. The lowest BCUT2D eigenvalue weighted by atomic mass is 9.95. The molecule has 0 radical (unpaired) electrons. The first kappa shape index (κ1) is 24.4. The summed E-state index contributed by atoms with van der Waals surface area (Å²) in [5.41, 5.74) is 3.01. The Balaban J connectivity index is 1.50. The van der Waals surface area contributed by atoms with Gasteiger partial charge >= 0.3 is 5.69 Å². The number of nitriles is 1. The molecule has 3 atom stereocenters. The average Bonchev–Trinajstić information content (AvgIpc) is 3.75. The summed E-state index contributed by atoms with van der Waals surface area (Å²) in [6.45, 7) is 7.72. The molecular weight excluding hydrogens is 455 g/mol. The van der Waals surface area contributed by atoms with E-state index in [1.807, 2.05) is 6.07 Å². The normalized spacial score (nSPS) is 21.5. The first-order valence-electron chi connectivity index (χ1n) is 13.0. The number of rotatable bonds is 6. The van der Waals surface area contributed by atoms with E-state index in [0.717, 1.165) is 43.4 Å². The molecule has 1 saturated heterocycles. The van der Waals surface area contributed by atoms with Crippen LogP contribution in [0.15, 0.2) is 35.1 Å². The van der Waals surface area contributed by atoms with E-state index < -0.39 is 0 Å². The van der Waals surface area contributed by atoms with E-state index in [-0.39, 0.29) is 29.6 Å². The Morgan fingerprint density at radius 2 is 1.86 bits per heavy atom. The van der Waals surface area contributed by atoms with Gasteiger partial charge in [0.15, 0.2) is 5.82 Å². The van der Waals surface area contributed by atoms with Crippen LogP contribution in [0.4, 0.5) is 10.2 Å². The van der Waals surface area contributed by atoms with Gasteiger partial charge in [0.05, 0.1) is 5.52 Å². The fraction of sp³-hybridized carbons (Fsp3) is 0.500. The molecule has 1 aliphatic carbocycles. The fourth-order valence-electron chi connectivity index (χ4n) is 5.62. The molecule has 1 aliphatic heterocycles. The van der Waals surface area contributed by atoms with E-state index in [4.69, 9.17) is 0 Å². The van der Waals surface area contributed by atoms with Crippen LogP contribution < -0.4 is 10.6 Å². The summed E-state index contributed by atoms with van der Waals surface area (Å²) >= 11 is 0. The van der Waals surface area contributed by atoms with E-state index in [1.54, 1.807) is 25.2 Å². The highest BCUT2D eigenvalue weighted by molar-refractivity contribution is 5.86. The Morgan fingerprint density at radius 3 is 2.50 bits per heavy atom. The maximum Gasteiger partial charge on any atom is 0.349 e. The van der Waals surface area contributed by atoms with Gasteiger partial charge in [0.2, 0.25) is 0 Å². The highest BCUT2D eigenvalue weighted by Gasteiger charge is 2.37. The SMILES string of the molecule is CCC1CN(c2nc(=O)n(C)c3ccc(C#N)nc23)[C@@H](CC)CN1C(C)c1ccc(C2CC2)cc1F. The minimum Gasteiger partial charge on any atom is -0.349 e. The quantitative estimate of drug-likeness (QED) is 0.502. The summed E-state index contributed by atoms with van der Waals surface area (Å²) in [4.78, 5) is 26.3. The number of nitrogens with zero attached hydrogens (tertiary/aromatic N) is 6. The molecule has 0 bridgehead atoms. The number of anilines is 1. The monoisotopic (exact) mass is 488 g/mol. The van der Waals surface area contributed by atoms with Gasteiger partial charge in [-0.1, -0.05) is 26.0 Å². The van der Waals surface area contributed by atoms with Gasteiger partial charge in [-0.2, -0.15) is 10.2 Å². The molecule has 7 nitrogen and oxygen atoms in total. The second kappa shape index (κ2) is 9.62. The van der Waals surface area contributed by atoms with Crippen LogP contribution in [0.2, 0.25) is 0 Å². The third kappa shape index (κ3) is 4.26. The Kier molecular flexibility index (Phi) is 6.52. The molecule has 2 aromatic heterocycles. The van der Waals surface area contributed by atoms with Crippen molar-refractivity contribution in [2.24, 2.45) is 7.05 Å². The lowest BCUT2D eigenvalue weighted by Crippen LogP contribution is -2.59. The Morgan fingerprint density at radius 1 is 1.11 bits per heavy atom. The Hall–Kier alpha value is -3.31. The molecule has 8 heteroatoms. The van der Waals surface area contributed by atoms with Gasteiger partial charge in [-0.3, -0.25) is 9.47 Å². The van der Waals surface area contributed by atoms with E-state index >= 15 is 4.39 Å². The molecule has 1 saturated carbocycles. The predicted octanol–water partition coefficient (Wildman–Crippen LogP) is 4.66. The number of halogens is 1. The van der Waals surface area contributed by atoms with Gasteiger partial charge < -0.3 is 4.90 Å². The second-order valence-corrected chi connectivity index (χ2v) is 10.2. The standard InChI is InChI=1S/C28H33FN6O/c1-5-21-16-35(27-26-25(33(4)28(36)32-27)12-10-20(14-30)31-26)22(6-2)15-34(21)17(3)23-11-9-19(13-24(23)29)18-7-8-18/h9-13,17-18,21-22H,5-8,15-16H2,1-4H3/t17?,21?,22-/m0/s1. The first-order valence-corrected chi connectivity index (χ1v) is 13.0. The number of pyridine rings is 1. The first-order chi connectivity index (χ1) is 17.4. The molecule has 36 heavy (non-hydrogen) atoms. The van der Waals surface area contributed by atoms with E-state index in [9.17, 15) is 10.1 Å². The third-order valence-corrected chi connectivity index (χ3v) is 8.02. The van der Waals surface area contributed by atoms with Crippen LogP contribution in [0.3, 0.4) is 0 Å². The van der Waals surface area contributed by atoms with Crippen LogP contribution in [-0.4, -0.2) is 44.6 Å². The lowest BCUT2D eigenvalue weighted by Gasteiger charge is -2.49. The van der Waals surface area contributed by atoms with Gasteiger partial charge in [-0.15, -0.1) is 0 Å². The van der Waals surface area contributed by atoms with Gasteiger partial charge in [-0.05, 0) is 62.3 Å². The lowest BCUT2D eigenvalue weighted by molar-refractivity contribution is 0.0989. The zero-order valence-corrected chi connectivity index (χ0v) is 21.4.